The van der Waals surface area contributed by atoms with Gasteiger partial charge in [-0.1, -0.05) is 11.6 Å². The lowest BCUT2D eigenvalue weighted by Crippen LogP contribution is -2.30. The van der Waals surface area contributed by atoms with Crippen LogP contribution in [0.1, 0.15) is 24.2 Å². The van der Waals surface area contributed by atoms with Gasteiger partial charge >= 0.3 is 0 Å². The molecule has 1 amide bonds. The fourth-order valence-corrected chi connectivity index (χ4v) is 3.60. The summed E-state index contributed by atoms with van der Waals surface area (Å²) in [6, 6.07) is 6.96. The van der Waals surface area contributed by atoms with Crippen LogP contribution in [0.5, 0.6) is 5.75 Å². The summed E-state index contributed by atoms with van der Waals surface area (Å²) in [6.07, 6.45) is 0. The highest BCUT2D eigenvalue weighted by molar-refractivity contribution is 7.92. The van der Waals surface area contributed by atoms with Gasteiger partial charge in [-0.05, 0) is 38.1 Å². The molecule has 0 aliphatic rings. The van der Waals surface area contributed by atoms with Gasteiger partial charge in [-0.2, -0.15) is 0 Å². The largest absolute Gasteiger partial charge is 0.496 e. The summed E-state index contributed by atoms with van der Waals surface area (Å²) in [6.45, 7) is 3.52. The van der Waals surface area contributed by atoms with Crippen LogP contribution in [0.3, 0.4) is 0 Å². The summed E-state index contributed by atoms with van der Waals surface area (Å²) in [5.41, 5.74) is -0.446. The fourth-order valence-electron chi connectivity index (χ4n) is 2.28. The van der Waals surface area contributed by atoms with Crippen LogP contribution in [0.2, 0.25) is 5.02 Å². The molecule has 0 saturated heterocycles. The number of rotatable bonds is 7. The monoisotopic (exact) mass is 427 g/mol. The summed E-state index contributed by atoms with van der Waals surface area (Å²) in [4.78, 5) is 22.3. The zero-order valence-corrected chi connectivity index (χ0v) is 16.8. The molecule has 0 radical (unpaired) electrons. The summed E-state index contributed by atoms with van der Waals surface area (Å²) >= 11 is 5.95. The van der Waals surface area contributed by atoms with Crippen LogP contribution >= 0.6 is 11.6 Å². The molecule has 150 valence electrons. The molecule has 2 rings (SSSR count). The van der Waals surface area contributed by atoms with Crippen molar-refractivity contribution in [3.63, 3.8) is 0 Å². The first-order valence-corrected chi connectivity index (χ1v) is 9.87. The van der Waals surface area contributed by atoms with E-state index >= 15 is 0 Å². The molecule has 0 aliphatic heterocycles. The van der Waals surface area contributed by atoms with Gasteiger partial charge in [0.15, 0.2) is 0 Å². The van der Waals surface area contributed by atoms with Crippen molar-refractivity contribution in [2.45, 2.75) is 24.8 Å². The number of methoxy groups -OCH3 is 1. The number of benzene rings is 2. The molecular formula is C17H18ClN3O6S. The topological polar surface area (TPSA) is 128 Å². The predicted octanol–water partition coefficient (Wildman–Crippen LogP) is 3.20. The first-order valence-electron chi connectivity index (χ1n) is 8.01. The van der Waals surface area contributed by atoms with Crippen molar-refractivity contribution < 1.29 is 22.9 Å². The summed E-state index contributed by atoms with van der Waals surface area (Å²) in [5, 5.41) is 13.6. The van der Waals surface area contributed by atoms with Gasteiger partial charge in [0.2, 0.25) is 0 Å². The Kier molecular flexibility index (Phi) is 6.47. The highest BCUT2D eigenvalue weighted by Gasteiger charge is 2.22. The van der Waals surface area contributed by atoms with Crippen LogP contribution in [-0.4, -0.2) is 32.4 Å². The Balaban J connectivity index is 2.45. The molecule has 11 heteroatoms. The van der Waals surface area contributed by atoms with E-state index in [1.165, 1.54) is 25.3 Å². The molecule has 2 aromatic rings. The number of hydrogen-bond acceptors (Lipinski definition) is 6. The molecule has 2 aromatic carbocycles. The fraction of sp³-hybridized carbons (Fsp3) is 0.235. The third kappa shape index (κ3) is 4.90. The van der Waals surface area contributed by atoms with E-state index in [4.69, 9.17) is 16.3 Å². The highest BCUT2D eigenvalue weighted by Crippen LogP contribution is 2.30. The lowest BCUT2D eigenvalue weighted by Gasteiger charge is -2.14. The first kappa shape index (κ1) is 21.5. The zero-order chi connectivity index (χ0) is 21.1. The number of carbonyl (C=O) groups is 1. The van der Waals surface area contributed by atoms with Crippen LogP contribution in [0.15, 0.2) is 41.3 Å². The molecule has 0 unspecified atom stereocenters. The van der Waals surface area contributed by atoms with Gasteiger partial charge in [0.25, 0.3) is 21.6 Å². The summed E-state index contributed by atoms with van der Waals surface area (Å²) in [5.74, 6) is -0.303. The number of halogens is 1. The van der Waals surface area contributed by atoms with Gasteiger partial charge in [0.1, 0.15) is 5.75 Å². The van der Waals surface area contributed by atoms with Crippen LogP contribution in [0.25, 0.3) is 0 Å². The molecule has 0 heterocycles. The van der Waals surface area contributed by atoms with Gasteiger partial charge in [-0.3, -0.25) is 19.6 Å². The predicted molar refractivity (Wildman–Crippen MR) is 105 cm³/mol. The molecule has 2 N–H and O–H groups in total. The Hall–Kier alpha value is -2.85. The van der Waals surface area contributed by atoms with Gasteiger partial charge in [0, 0.05) is 18.2 Å². The summed E-state index contributed by atoms with van der Waals surface area (Å²) in [7, 11) is -2.82. The van der Waals surface area contributed by atoms with E-state index < -0.39 is 20.9 Å². The van der Waals surface area contributed by atoms with Crippen molar-refractivity contribution in [3.8, 4) is 5.75 Å². The van der Waals surface area contributed by atoms with Crippen molar-refractivity contribution in [1.29, 1.82) is 0 Å². The molecule has 0 saturated carbocycles. The maximum absolute atomic E-state index is 12.7. The molecule has 0 aromatic heterocycles. The number of nitro groups is 1. The number of nitrogens with zero attached hydrogens (tertiary/aromatic N) is 1. The molecule has 0 fully saturated rings. The molecule has 0 atom stereocenters. The van der Waals surface area contributed by atoms with Gasteiger partial charge < -0.3 is 10.1 Å². The van der Waals surface area contributed by atoms with Gasteiger partial charge in [0.05, 0.1) is 33.2 Å². The number of nitro benzene ring substituents is 1. The Labute approximate surface area is 166 Å². The van der Waals surface area contributed by atoms with Gasteiger partial charge in [-0.15, -0.1) is 0 Å². The number of carbonyl (C=O) groups excluding carboxylic acids is 1. The van der Waals surface area contributed by atoms with Crippen LogP contribution in [0, 0.1) is 10.1 Å². The van der Waals surface area contributed by atoms with Crippen molar-refractivity contribution in [1.82, 2.24) is 5.32 Å². The maximum atomic E-state index is 12.7. The van der Waals surface area contributed by atoms with E-state index in [1.54, 1.807) is 13.8 Å². The SMILES string of the molecule is COc1ccc(S(=O)(=O)Nc2cc([N+](=O)[O-])ccc2Cl)cc1C(=O)NC(C)C. The Morgan fingerprint density at radius 1 is 1.21 bits per heavy atom. The van der Waals surface area contributed by atoms with E-state index in [0.717, 1.165) is 18.2 Å². The van der Waals surface area contributed by atoms with Gasteiger partial charge in [-0.25, -0.2) is 8.42 Å². The van der Waals surface area contributed by atoms with E-state index in [1.807, 2.05) is 0 Å². The van der Waals surface area contributed by atoms with Crippen molar-refractivity contribution >= 4 is 38.9 Å². The van der Waals surface area contributed by atoms with E-state index in [0.29, 0.717) is 0 Å². The number of non-ortho nitro benzene ring substituents is 1. The molecular weight excluding hydrogens is 410 g/mol. The van der Waals surface area contributed by atoms with Crippen molar-refractivity contribution in [2.24, 2.45) is 0 Å². The van der Waals surface area contributed by atoms with E-state index in [9.17, 15) is 23.3 Å². The Bertz CT molecular complexity index is 1020. The third-order valence-corrected chi connectivity index (χ3v) is 5.24. The van der Waals surface area contributed by atoms with E-state index in [2.05, 4.69) is 10.0 Å². The van der Waals surface area contributed by atoms with Crippen molar-refractivity contribution in [2.75, 3.05) is 11.8 Å². The lowest BCUT2D eigenvalue weighted by atomic mass is 10.2. The molecule has 0 bridgehead atoms. The zero-order valence-electron chi connectivity index (χ0n) is 15.2. The second-order valence-electron chi connectivity index (χ2n) is 6.02. The van der Waals surface area contributed by atoms with Crippen LogP contribution in [0.4, 0.5) is 11.4 Å². The minimum Gasteiger partial charge on any atom is -0.496 e. The lowest BCUT2D eigenvalue weighted by molar-refractivity contribution is -0.384. The molecule has 0 spiro atoms. The first-order chi connectivity index (χ1) is 13.0. The van der Waals surface area contributed by atoms with E-state index in [-0.39, 0.29) is 38.6 Å². The molecule has 9 nitrogen and oxygen atoms in total. The third-order valence-electron chi connectivity index (χ3n) is 3.55. The molecule has 28 heavy (non-hydrogen) atoms. The number of hydrogen-bond donors (Lipinski definition) is 2. The second-order valence-corrected chi connectivity index (χ2v) is 8.11. The maximum Gasteiger partial charge on any atom is 0.271 e. The minimum atomic E-state index is -4.18. The number of anilines is 1. The minimum absolute atomic E-state index is 0.0135. The average Bonchev–Trinajstić information content (AvgIpc) is 2.62. The highest BCUT2D eigenvalue weighted by atomic mass is 35.5. The number of ether oxygens (including phenoxy) is 1. The normalized spacial score (nSPS) is 11.2. The smallest absolute Gasteiger partial charge is 0.271 e. The Morgan fingerprint density at radius 3 is 2.46 bits per heavy atom. The second kappa shape index (κ2) is 8.44. The summed E-state index contributed by atoms with van der Waals surface area (Å²) < 4.78 is 32.8. The molecule has 0 aliphatic carbocycles. The number of sulfonamides is 1. The Morgan fingerprint density at radius 2 is 1.89 bits per heavy atom. The quantitative estimate of drug-likeness (QED) is 0.515. The van der Waals surface area contributed by atoms with Crippen molar-refractivity contribution in [3.05, 3.63) is 57.1 Å². The number of nitrogens with one attached hydrogen (secondary N) is 2. The average molecular weight is 428 g/mol. The number of amides is 1. The van der Waals surface area contributed by atoms with Crippen LogP contribution in [-0.2, 0) is 10.0 Å². The standard InChI is InChI=1S/C17H18ClN3O6S/c1-10(2)19-17(22)13-9-12(5-7-16(13)27-3)28(25,26)20-15-8-11(21(23)24)4-6-14(15)18/h4-10,20H,1-3H3,(H,19,22). The van der Waals surface area contributed by atoms with Crippen LogP contribution < -0.4 is 14.8 Å².